The molecule has 3 nitrogen and oxygen atoms in total. The third-order valence-corrected chi connectivity index (χ3v) is 6.85. The highest BCUT2D eigenvalue weighted by Gasteiger charge is 2.18. The van der Waals surface area contributed by atoms with Gasteiger partial charge < -0.3 is 0 Å². The average molecular weight is 360 g/mol. The average Bonchev–Trinajstić information content (AvgIpc) is 2.84. The first-order valence-corrected chi connectivity index (χ1v) is 8.99. The van der Waals surface area contributed by atoms with E-state index in [0.717, 1.165) is 17.5 Å². The first kappa shape index (κ1) is 14.7. The van der Waals surface area contributed by atoms with E-state index in [2.05, 4.69) is 27.6 Å². The number of hydrogen-bond acceptors (Lipinski definition) is 3. The minimum absolute atomic E-state index is 0.316. The Hall–Kier alpha value is -0.690. The Morgan fingerprint density at radius 1 is 1.21 bits per heavy atom. The molecule has 1 aromatic carbocycles. The Morgan fingerprint density at radius 3 is 2.47 bits per heavy atom. The van der Waals surface area contributed by atoms with Gasteiger partial charge >= 0.3 is 0 Å². The normalized spacial score (nSPS) is 11.7. The first-order valence-electron chi connectivity index (χ1n) is 5.84. The van der Waals surface area contributed by atoms with Crippen molar-refractivity contribution in [3.63, 3.8) is 0 Å². The Bertz CT molecular complexity index is 665. The van der Waals surface area contributed by atoms with E-state index in [9.17, 15) is 8.42 Å². The molecule has 19 heavy (non-hydrogen) atoms. The highest BCUT2D eigenvalue weighted by Crippen LogP contribution is 2.27. The van der Waals surface area contributed by atoms with Gasteiger partial charge in [0.2, 0.25) is 0 Å². The van der Waals surface area contributed by atoms with E-state index >= 15 is 0 Å². The van der Waals surface area contributed by atoms with Crippen LogP contribution in [0.1, 0.15) is 18.1 Å². The molecule has 6 heteroatoms. The number of aryl methyl sites for hydroxylation is 1. The summed E-state index contributed by atoms with van der Waals surface area (Å²) in [5.74, 6) is 0. The Balaban J connectivity index is 2.17. The zero-order valence-electron chi connectivity index (χ0n) is 10.4. The SMILES string of the molecule is CCc1ccccc1CNS(=O)(=O)c1sccc1Br. The third-order valence-electron chi connectivity index (χ3n) is 2.78. The molecule has 0 bridgehead atoms. The molecule has 1 heterocycles. The lowest BCUT2D eigenvalue weighted by Gasteiger charge is -2.09. The highest BCUT2D eigenvalue weighted by atomic mass is 79.9. The zero-order chi connectivity index (χ0) is 13.9. The monoisotopic (exact) mass is 359 g/mol. The van der Waals surface area contributed by atoms with Crippen molar-refractivity contribution >= 4 is 37.3 Å². The minimum Gasteiger partial charge on any atom is -0.206 e. The molecule has 0 saturated carbocycles. The molecule has 0 fully saturated rings. The fourth-order valence-corrected chi connectivity index (χ4v) is 5.17. The summed E-state index contributed by atoms with van der Waals surface area (Å²) in [6.45, 7) is 2.37. The summed E-state index contributed by atoms with van der Waals surface area (Å²) >= 11 is 4.45. The van der Waals surface area contributed by atoms with Crippen LogP contribution in [0.25, 0.3) is 0 Å². The molecule has 0 spiro atoms. The maximum absolute atomic E-state index is 12.2. The zero-order valence-corrected chi connectivity index (χ0v) is 13.6. The van der Waals surface area contributed by atoms with Crippen molar-refractivity contribution in [1.82, 2.24) is 4.72 Å². The van der Waals surface area contributed by atoms with Crippen molar-refractivity contribution in [2.45, 2.75) is 24.1 Å². The first-order chi connectivity index (χ1) is 9.04. The fraction of sp³-hybridized carbons (Fsp3) is 0.231. The summed E-state index contributed by atoms with van der Waals surface area (Å²) in [5, 5.41) is 1.75. The van der Waals surface area contributed by atoms with Gasteiger partial charge in [0.1, 0.15) is 4.21 Å². The molecule has 0 unspecified atom stereocenters. The molecular formula is C13H14BrNO2S2. The van der Waals surface area contributed by atoms with Crippen LogP contribution in [-0.4, -0.2) is 8.42 Å². The molecule has 1 aromatic heterocycles. The predicted molar refractivity (Wildman–Crippen MR) is 81.9 cm³/mol. The number of hydrogen-bond donors (Lipinski definition) is 1. The fourth-order valence-electron chi connectivity index (χ4n) is 1.78. The lowest BCUT2D eigenvalue weighted by atomic mass is 10.1. The van der Waals surface area contributed by atoms with Crippen LogP contribution in [0, 0.1) is 0 Å². The van der Waals surface area contributed by atoms with Crippen LogP contribution in [0.4, 0.5) is 0 Å². The van der Waals surface area contributed by atoms with Crippen molar-refractivity contribution < 1.29 is 8.42 Å². The molecule has 1 N–H and O–H groups in total. The van der Waals surface area contributed by atoms with Gasteiger partial charge in [0.25, 0.3) is 10.0 Å². The Labute approximate surface area is 125 Å². The van der Waals surface area contributed by atoms with Crippen LogP contribution < -0.4 is 4.72 Å². The van der Waals surface area contributed by atoms with Crippen molar-refractivity contribution in [2.24, 2.45) is 0 Å². The van der Waals surface area contributed by atoms with E-state index in [1.165, 1.54) is 11.3 Å². The Kier molecular flexibility index (Phi) is 4.78. The molecule has 0 aliphatic carbocycles. The van der Waals surface area contributed by atoms with E-state index in [1.807, 2.05) is 24.3 Å². The summed E-state index contributed by atoms with van der Waals surface area (Å²) < 4.78 is 27.9. The number of rotatable bonds is 5. The largest absolute Gasteiger partial charge is 0.251 e. The van der Waals surface area contributed by atoms with E-state index in [1.54, 1.807) is 11.4 Å². The Morgan fingerprint density at radius 2 is 1.89 bits per heavy atom. The smallest absolute Gasteiger partial charge is 0.206 e. The van der Waals surface area contributed by atoms with Crippen LogP contribution in [-0.2, 0) is 23.0 Å². The molecule has 2 rings (SSSR count). The molecule has 0 atom stereocenters. The quantitative estimate of drug-likeness (QED) is 0.886. The van der Waals surface area contributed by atoms with Gasteiger partial charge in [0, 0.05) is 11.0 Å². The van der Waals surface area contributed by atoms with Crippen LogP contribution in [0.5, 0.6) is 0 Å². The molecule has 0 aliphatic rings. The summed E-state index contributed by atoms with van der Waals surface area (Å²) in [6.07, 6.45) is 0.889. The number of benzene rings is 1. The lowest BCUT2D eigenvalue weighted by Crippen LogP contribution is -2.23. The molecule has 0 aliphatic heterocycles. The van der Waals surface area contributed by atoms with Gasteiger partial charge in [-0.1, -0.05) is 31.2 Å². The van der Waals surface area contributed by atoms with Crippen LogP contribution in [0.3, 0.4) is 0 Å². The molecular weight excluding hydrogens is 346 g/mol. The molecule has 2 aromatic rings. The van der Waals surface area contributed by atoms with Crippen LogP contribution in [0.15, 0.2) is 44.4 Å². The van der Waals surface area contributed by atoms with Crippen molar-refractivity contribution in [3.8, 4) is 0 Å². The summed E-state index contributed by atoms with van der Waals surface area (Å²) in [5.41, 5.74) is 2.18. The summed E-state index contributed by atoms with van der Waals surface area (Å²) in [7, 11) is -3.45. The second-order valence-corrected chi connectivity index (χ2v) is 7.74. The summed E-state index contributed by atoms with van der Waals surface area (Å²) in [4.78, 5) is 0. The van der Waals surface area contributed by atoms with Crippen LogP contribution >= 0.6 is 27.3 Å². The van der Waals surface area contributed by atoms with Crippen LogP contribution in [0.2, 0.25) is 0 Å². The lowest BCUT2D eigenvalue weighted by molar-refractivity contribution is 0.583. The number of sulfonamides is 1. The predicted octanol–water partition coefficient (Wildman–Crippen LogP) is 3.55. The highest BCUT2D eigenvalue weighted by molar-refractivity contribution is 9.10. The maximum atomic E-state index is 12.2. The summed E-state index contributed by atoms with van der Waals surface area (Å²) in [6, 6.07) is 9.59. The topological polar surface area (TPSA) is 46.2 Å². The molecule has 0 amide bonds. The second kappa shape index (κ2) is 6.17. The van der Waals surface area contributed by atoms with Gasteiger partial charge in [0.05, 0.1) is 0 Å². The van der Waals surface area contributed by atoms with E-state index in [-0.39, 0.29) is 0 Å². The van der Waals surface area contributed by atoms with Crippen molar-refractivity contribution in [1.29, 1.82) is 0 Å². The van der Waals surface area contributed by atoms with E-state index in [4.69, 9.17) is 0 Å². The minimum atomic E-state index is -3.45. The number of halogens is 1. The van der Waals surface area contributed by atoms with Gasteiger partial charge in [-0.15, -0.1) is 11.3 Å². The van der Waals surface area contributed by atoms with Crippen molar-refractivity contribution in [3.05, 3.63) is 51.3 Å². The van der Waals surface area contributed by atoms with Gasteiger partial charge in [-0.3, -0.25) is 0 Å². The van der Waals surface area contributed by atoms with Gasteiger partial charge in [0.15, 0.2) is 0 Å². The third kappa shape index (κ3) is 3.45. The number of nitrogens with one attached hydrogen (secondary N) is 1. The van der Waals surface area contributed by atoms with E-state index < -0.39 is 10.0 Å². The molecule has 0 saturated heterocycles. The molecule has 0 radical (unpaired) electrons. The molecule has 102 valence electrons. The van der Waals surface area contributed by atoms with Gasteiger partial charge in [-0.2, -0.15) is 0 Å². The maximum Gasteiger partial charge on any atom is 0.251 e. The van der Waals surface area contributed by atoms with E-state index in [0.29, 0.717) is 15.2 Å². The van der Waals surface area contributed by atoms with Gasteiger partial charge in [-0.25, -0.2) is 13.1 Å². The number of thiophene rings is 1. The second-order valence-electron chi connectivity index (χ2n) is 4.00. The van der Waals surface area contributed by atoms with Gasteiger partial charge in [-0.05, 0) is 44.9 Å². The van der Waals surface area contributed by atoms with Crippen molar-refractivity contribution in [2.75, 3.05) is 0 Å². The standard InChI is InChI=1S/C13H14BrNO2S2/c1-2-10-5-3-4-6-11(10)9-15-19(16,17)13-12(14)7-8-18-13/h3-8,15H,2,9H2,1H3.